The lowest BCUT2D eigenvalue weighted by atomic mass is 9.92. The highest BCUT2D eigenvalue weighted by atomic mass is 32.2. The summed E-state index contributed by atoms with van der Waals surface area (Å²) in [5.74, 6) is -0.429. The van der Waals surface area contributed by atoms with E-state index in [-0.39, 0.29) is 15.9 Å². The Morgan fingerprint density at radius 3 is 2.26 bits per heavy atom. The van der Waals surface area contributed by atoms with Crippen LogP contribution in [0.25, 0.3) is 0 Å². The molecule has 1 unspecified atom stereocenters. The fraction of sp³-hybridized carbons (Fsp3) is 0.381. The molecule has 2 aromatic carbocycles. The maximum Gasteiger partial charge on any atom is 0.252 e. The molecular formula is C21H25NO4S. The summed E-state index contributed by atoms with van der Waals surface area (Å²) in [7, 11) is -3.56. The van der Waals surface area contributed by atoms with Crippen molar-refractivity contribution in [2.24, 2.45) is 5.41 Å². The van der Waals surface area contributed by atoms with E-state index in [0.717, 1.165) is 18.4 Å². The number of rotatable bonds is 7. The molecule has 2 N–H and O–H groups in total. The van der Waals surface area contributed by atoms with Crippen LogP contribution in [0.5, 0.6) is 0 Å². The van der Waals surface area contributed by atoms with Crippen molar-refractivity contribution in [2.45, 2.75) is 42.9 Å². The number of benzene rings is 2. The van der Waals surface area contributed by atoms with Crippen molar-refractivity contribution in [1.29, 1.82) is 0 Å². The van der Waals surface area contributed by atoms with Gasteiger partial charge in [-0.15, -0.1) is 0 Å². The fourth-order valence-corrected chi connectivity index (χ4v) is 4.45. The highest BCUT2D eigenvalue weighted by Crippen LogP contribution is 2.54. The van der Waals surface area contributed by atoms with Crippen LogP contribution >= 0.6 is 0 Å². The lowest BCUT2D eigenvalue weighted by Gasteiger charge is -2.23. The third-order valence-corrected chi connectivity index (χ3v) is 7.46. The number of amides is 1. The van der Waals surface area contributed by atoms with Crippen LogP contribution in [0.2, 0.25) is 0 Å². The number of sulfone groups is 1. The van der Waals surface area contributed by atoms with E-state index >= 15 is 0 Å². The summed E-state index contributed by atoms with van der Waals surface area (Å²) in [6.45, 7) is 3.50. The maximum atomic E-state index is 12.7. The molecular weight excluding hydrogens is 362 g/mol. The highest BCUT2D eigenvalue weighted by molar-refractivity contribution is 7.92. The summed E-state index contributed by atoms with van der Waals surface area (Å²) in [5, 5.41) is 12.9. The van der Waals surface area contributed by atoms with Crippen LogP contribution in [0.3, 0.4) is 0 Å². The number of carbonyl (C=O) groups excluding carboxylic acids is 1. The monoisotopic (exact) mass is 387 g/mol. The van der Waals surface area contributed by atoms with Crippen molar-refractivity contribution in [3.05, 3.63) is 65.7 Å². The summed E-state index contributed by atoms with van der Waals surface area (Å²) in [6.07, 6.45) is 0.971. The SMILES string of the molecule is CC(C)S(=O)(=O)c1ccccc1C(=O)NCC1(C(O)c2ccccc2)CC1. The Kier molecular flexibility index (Phi) is 5.40. The molecule has 0 bridgehead atoms. The minimum absolute atomic E-state index is 0.0472. The highest BCUT2D eigenvalue weighted by Gasteiger charge is 2.49. The first kappa shape index (κ1) is 19.6. The van der Waals surface area contributed by atoms with Gasteiger partial charge in [0.1, 0.15) is 0 Å². The molecule has 0 aromatic heterocycles. The van der Waals surface area contributed by atoms with Crippen LogP contribution in [0, 0.1) is 5.41 Å². The predicted octanol–water partition coefficient (Wildman–Crippen LogP) is 3.11. The Morgan fingerprint density at radius 1 is 1.07 bits per heavy atom. The lowest BCUT2D eigenvalue weighted by Crippen LogP contribution is -2.34. The van der Waals surface area contributed by atoms with Crippen molar-refractivity contribution in [3.8, 4) is 0 Å². The van der Waals surface area contributed by atoms with Gasteiger partial charge in [0.25, 0.3) is 5.91 Å². The van der Waals surface area contributed by atoms with E-state index in [4.69, 9.17) is 0 Å². The topological polar surface area (TPSA) is 83.5 Å². The lowest BCUT2D eigenvalue weighted by molar-refractivity contribution is 0.0806. The fourth-order valence-electron chi connectivity index (χ4n) is 3.20. The molecule has 0 heterocycles. The summed E-state index contributed by atoms with van der Waals surface area (Å²) >= 11 is 0. The maximum absolute atomic E-state index is 12.7. The standard InChI is InChI=1S/C21H25NO4S/c1-15(2)27(25,26)18-11-7-6-10-17(18)20(24)22-14-21(12-13-21)19(23)16-8-4-3-5-9-16/h3-11,15,19,23H,12-14H2,1-2H3,(H,22,24). The quantitative estimate of drug-likeness (QED) is 0.765. The molecule has 0 radical (unpaired) electrons. The average molecular weight is 388 g/mol. The number of aliphatic hydroxyl groups is 1. The predicted molar refractivity (Wildman–Crippen MR) is 104 cm³/mol. The van der Waals surface area contributed by atoms with E-state index in [2.05, 4.69) is 5.32 Å². The molecule has 1 saturated carbocycles. The van der Waals surface area contributed by atoms with Gasteiger partial charge in [-0.1, -0.05) is 42.5 Å². The molecule has 1 aliphatic rings. The van der Waals surface area contributed by atoms with Crippen molar-refractivity contribution >= 4 is 15.7 Å². The van der Waals surface area contributed by atoms with Gasteiger partial charge in [0.15, 0.2) is 9.84 Å². The molecule has 0 saturated heterocycles. The molecule has 0 aliphatic heterocycles. The zero-order valence-corrected chi connectivity index (χ0v) is 16.4. The molecule has 1 atom stereocenters. The second-order valence-electron chi connectivity index (χ2n) is 7.45. The molecule has 3 rings (SSSR count). The molecule has 144 valence electrons. The number of aliphatic hydroxyl groups excluding tert-OH is 1. The third-order valence-electron chi connectivity index (χ3n) is 5.25. The number of hydrogen-bond acceptors (Lipinski definition) is 4. The van der Waals surface area contributed by atoms with Gasteiger partial charge in [-0.3, -0.25) is 4.79 Å². The normalized spacial score (nSPS) is 16.7. The molecule has 1 fully saturated rings. The molecule has 27 heavy (non-hydrogen) atoms. The Bertz CT molecular complexity index is 918. The van der Waals surface area contributed by atoms with Crippen LogP contribution in [0.1, 0.15) is 48.7 Å². The smallest absolute Gasteiger partial charge is 0.252 e. The summed E-state index contributed by atoms with van der Waals surface area (Å²) < 4.78 is 25.1. The minimum atomic E-state index is -3.56. The van der Waals surface area contributed by atoms with Crippen LogP contribution < -0.4 is 5.32 Å². The second-order valence-corrected chi connectivity index (χ2v) is 9.92. The van der Waals surface area contributed by atoms with E-state index < -0.39 is 27.1 Å². The van der Waals surface area contributed by atoms with E-state index in [0.29, 0.717) is 6.54 Å². The molecule has 0 spiro atoms. The van der Waals surface area contributed by atoms with E-state index in [9.17, 15) is 18.3 Å². The van der Waals surface area contributed by atoms with Crippen LogP contribution in [0.15, 0.2) is 59.5 Å². The third kappa shape index (κ3) is 3.92. The van der Waals surface area contributed by atoms with Crippen molar-refractivity contribution in [1.82, 2.24) is 5.32 Å². The van der Waals surface area contributed by atoms with Gasteiger partial charge in [0, 0.05) is 12.0 Å². The average Bonchev–Trinajstić information content (AvgIpc) is 3.47. The summed E-state index contributed by atoms with van der Waals surface area (Å²) in [4.78, 5) is 12.8. The molecule has 5 nitrogen and oxygen atoms in total. The zero-order valence-electron chi connectivity index (χ0n) is 15.6. The first-order valence-corrected chi connectivity index (χ1v) is 10.7. The molecule has 1 amide bonds. The van der Waals surface area contributed by atoms with Gasteiger partial charge in [-0.25, -0.2) is 8.42 Å². The number of carbonyl (C=O) groups is 1. The second kappa shape index (κ2) is 7.44. The largest absolute Gasteiger partial charge is 0.388 e. The van der Waals surface area contributed by atoms with Crippen LogP contribution in [0.4, 0.5) is 0 Å². The zero-order chi connectivity index (χ0) is 19.7. The Morgan fingerprint density at radius 2 is 1.67 bits per heavy atom. The number of nitrogens with one attached hydrogen (secondary N) is 1. The van der Waals surface area contributed by atoms with Gasteiger partial charge in [0.2, 0.25) is 0 Å². The molecule has 6 heteroatoms. The van der Waals surface area contributed by atoms with Gasteiger partial charge < -0.3 is 10.4 Å². The molecule has 2 aromatic rings. The Balaban J connectivity index is 1.76. The van der Waals surface area contributed by atoms with Crippen molar-refractivity contribution in [2.75, 3.05) is 6.54 Å². The van der Waals surface area contributed by atoms with Crippen molar-refractivity contribution in [3.63, 3.8) is 0 Å². The van der Waals surface area contributed by atoms with Crippen LogP contribution in [-0.2, 0) is 9.84 Å². The first-order valence-electron chi connectivity index (χ1n) is 9.12. The minimum Gasteiger partial charge on any atom is -0.388 e. The van der Waals surface area contributed by atoms with E-state index in [1.807, 2.05) is 30.3 Å². The Hall–Kier alpha value is -2.18. The van der Waals surface area contributed by atoms with Gasteiger partial charge in [-0.05, 0) is 44.4 Å². The Labute approximate surface area is 160 Å². The van der Waals surface area contributed by atoms with Gasteiger partial charge in [0.05, 0.1) is 21.8 Å². The van der Waals surface area contributed by atoms with E-state index in [1.54, 1.807) is 26.0 Å². The van der Waals surface area contributed by atoms with Crippen molar-refractivity contribution < 1.29 is 18.3 Å². The van der Waals surface area contributed by atoms with Gasteiger partial charge in [-0.2, -0.15) is 0 Å². The summed E-state index contributed by atoms with van der Waals surface area (Å²) in [5.41, 5.74) is 0.589. The van der Waals surface area contributed by atoms with Gasteiger partial charge >= 0.3 is 0 Å². The molecule has 1 aliphatic carbocycles. The summed E-state index contributed by atoms with van der Waals surface area (Å²) in [6, 6.07) is 15.7. The van der Waals surface area contributed by atoms with E-state index in [1.165, 1.54) is 12.1 Å². The van der Waals surface area contributed by atoms with Crippen LogP contribution in [-0.4, -0.2) is 31.2 Å². The number of hydrogen-bond donors (Lipinski definition) is 2. The first-order chi connectivity index (χ1) is 12.8.